The van der Waals surface area contributed by atoms with Gasteiger partial charge in [0.15, 0.2) is 0 Å². The topological polar surface area (TPSA) is 129 Å². The van der Waals surface area contributed by atoms with Crippen LogP contribution in [0.4, 0.5) is 0 Å². The Morgan fingerprint density at radius 2 is 1.17 bits per heavy atom. The first kappa shape index (κ1) is 36.0. The first-order valence-electron chi connectivity index (χ1n) is 17.3. The van der Waals surface area contributed by atoms with Crippen molar-refractivity contribution in [3.05, 3.63) is 142 Å². The van der Waals surface area contributed by atoms with Gasteiger partial charge in [0.2, 0.25) is 11.6 Å². The number of esters is 2. The van der Waals surface area contributed by atoms with E-state index in [2.05, 4.69) is 4.90 Å². The van der Waals surface area contributed by atoms with E-state index in [0.717, 1.165) is 49.5 Å². The molecule has 10 nitrogen and oxygen atoms in total. The smallest absolute Gasteiger partial charge is 0.342 e. The van der Waals surface area contributed by atoms with Crippen LogP contribution in [0.5, 0.6) is 11.5 Å². The number of carbonyl (C=O) groups excluding carboxylic acids is 4. The lowest BCUT2D eigenvalue weighted by Crippen LogP contribution is -2.38. The van der Waals surface area contributed by atoms with Crippen molar-refractivity contribution in [2.24, 2.45) is 0 Å². The summed E-state index contributed by atoms with van der Waals surface area (Å²) in [6.07, 6.45) is 0. The lowest BCUT2D eigenvalue weighted by molar-refractivity contribution is -0.138. The quantitative estimate of drug-likeness (QED) is 0.157. The number of hydrogen-bond acceptors (Lipinski definition) is 10. The summed E-state index contributed by atoms with van der Waals surface area (Å²) in [5, 5.41) is 9.61. The van der Waals surface area contributed by atoms with Crippen LogP contribution < -0.4 is 4.74 Å². The van der Waals surface area contributed by atoms with Gasteiger partial charge in [-0.25, -0.2) is 9.59 Å². The van der Waals surface area contributed by atoms with E-state index in [1.165, 1.54) is 12.1 Å². The van der Waals surface area contributed by atoms with Crippen LogP contribution in [-0.2, 0) is 23.8 Å². The van der Waals surface area contributed by atoms with Crippen LogP contribution in [-0.4, -0.2) is 86.2 Å². The van der Waals surface area contributed by atoms with Gasteiger partial charge in [-0.15, -0.1) is 0 Å². The molecular formula is C42H39NO9. The van der Waals surface area contributed by atoms with E-state index < -0.39 is 17.7 Å². The van der Waals surface area contributed by atoms with Crippen molar-refractivity contribution >= 4 is 34.7 Å². The fourth-order valence-corrected chi connectivity index (χ4v) is 6.45. The largest absolute Gasteiger partial charge is 0.508 e. The predicted molar refractivity (Wildman–Crippen MR) is 194 cm³/mol. The molecule has 0 atom stereocenters. The van der Waals surface area contributed by atoms with Gasteiger partial charge in [-0.2, -0.15) is 0 Å². The fraction of sp³-hybridized carbons (Fsp3) is 0.238. The Labute approximate surface area is 301 Å². The molecule has 1 saturated heterocycles. The lowest BCUT2D eigenvalue weighted by atomic mass is 9.97. The number of aromatic hydroxyl groups is 1. The van der Waals surface area contributed by atoms with Gasteiger partial charge in [-0.05, 0) is 72.5 Å². The molecule has 4 aromatic carbocycles. The molecule has 0 spiro atoms. The number of phenolic OH excluding ortho intramolecular Hbond substituents is 1. The summed E-state index contributed by atoms with van der Waals surface area (Å²) in [6.45, 7) is 8.46. The van der Waals surface area contributed by atoms with Crippen LogP contribution in [0.1, 0.15) is 56.8 Å². The maximum absolute atomic E-state index is 13.1. The summed E-state index contributed by atoms with van der Waals surface area (Å²) >= 11 is 0. The van der Waals surface area contributed by atoms with Crippen molar-refractivity contribution in [2.45, 2.75) is 13.8 Å². The van der Waals surface area contributed by atoms with Crippen molar-refractivity contribution in [1.29, 1.82) is 0 Å². The van der Waals surface area contributed by atoms with E-state index in [9.17, 15) is 24.3 Å². The average Bonchev–Trinajstić information content (AvgIpc) is 3.63. The van der Waals surface area contributed by atoms with E-state index >= 15 is 0 Å². The Morgan fingerprint density at radius 3 is 1.69 bits per heavy atom. The molecule has 7 rings (SSSR count). The minimum absolute atomic E-state index is 0.00961. The molecule has 0 aromatic heterocycles. The fourth-order valence-electron chi connectivity index (χ4n) is 6.45. The monoisotopic (exact) mass is 701 g/mol. The van der Waals surface area contributed by atoms with Gasteiger partial charge in [0.25, 0.3) is 0 Å². The van der Waals surface area contributed by atoms with Crippen molar-refractivity contribution in [3.8, 4) is 11.5 Å². The number of ether oxygens (including phenoxy) is 4. The minimum Gasteiger partial charge on any atom is -0.508 e. The average molecular weight is 702 g/mol. The van der Waals surface area contributed by atoms with Gasteiger partial charge >= 0.3 is 11.9 Å². The first-order valence-corrected chi connectivity index (χ1v) is 17.3. The SMILES string of the molecule is CCOC(=O)C1=C(c2ccccc2)c2ccc(O)cc2C1=O.CCOC(=O)C1=C(c2ccccc2)c2ccc(OCCN3CCOCC3)cc2C1=O. The predicted octanol–water partition coefficient (Wildman–Crippen LogP) is 5.91. The summed E-state index contributed by atoms with van der Waals surface area (Å²) in [4.78, 5) is 52.8. The number of Topliss-reactive ketones (excluding diaryl/α,β-unsaturated/α-hetero) is 2. The molecule has 0 radical (unpaired) electrons. The summed E-state index contributed by atoms with van der Waals surface area (Å²) < 4.78 is 21.5. The number of phenols is 1. The maximum atomic E-state index is 13.1. The molecule has 1 fully saturated rings. The van der Waals surface area contributed by atoms with Crippen molar-refractivity contribution in [2.75, 3.05) is 52.7 Å². The molecule has 1 N–H and O–H groups in total. The Hall–Kier alpha value is -5.84. The number of rotatable bonds is 10. The second kappa shape index (κ2) is 16.5. The van der Waals surface area contributed by atoms with Crippen LogP contribution >= 0.6 is 0 Å². The zero-order valence-corrected chi connectivity index (χ0v) is 29.1. The van der Waals surface area contributed by atoms with Gasteiger partial charge in [0.05, 0.1) is 26.4 Å². The molecule has 3 aliphatic rings. The highest BCUT2D eigenvalue weighted by atomic mass is 16.5. The van der Waals surface area contributed by atoms with E-state index in [-0.39, 0.29) is 35.9 Å². The summed E-state index contributed by atoms with van der Waals surface area (Å²) in [7, 11) is 0. The zero-order valence-electron chi connectivity index (χ0n) is 29.1. The van der Waals surface area contributed by atoms with Crippen LogP contribution in [0.25, 0.3) is 11.1 Å². The van der Waals surface area contributed by atoms with Gasteiger partial charge in [0, 0.05) is 41.9 Å². The number of carbonyl (C=O) groups is 4. The number of morpholine rings is 1. The summed E-state index contributed by atoms with van der Waals surface area (Å²) in [5.41, 5.74) is 5.02. The summed E-state index contributed by atoms with van der Waals surface area (Å²) in [5.74, 6) is -1.35. The zero-order chi connectivity index (χ0) is 36.6. The van der Waals surface area contributed by atoms with Crippen LogP contribution in [0, 0.1) is 0 Å². The van der Waals surface area contributed by atoms with Crippen molar-refractivity contribution in [3.63, 3.8) is 0 Å². The standard InChI is InChI=1S/C24H25NO5.C18H14O4/c1-2-29-24(27)22-21(17-6-4-3-5-7-17)19-9-8-18(16-20(19)23(22)26)30-15-12-25-10-13-28-14-11-25;1-2-22-18(21)16-15(11-6-4-3-5-7-11)13-9-8-12(19)10-14(13)17(16)20/h3-9,16H,2,10-15H2,1H3;3-10,19H,2H2,1H3. The van der Waals surface area contributed by atoms with Crippen LogP contribution in [0.2, 0.25) is 0 Å². The third-order valence-corrected chi connectivity index (χ3v) is 8.84. The molecular weight excluding hydrogens is 662 g/mol. The van der Waals surface area contributed by atoms with Gasteiger partial charge in [0.1, 0.15) is 29.3 Å². The third-order valence-electron chi connectivity index (χ3n) is 8.84. The van der Waals surface area contributed by atoms with E-state index in [1.807, 2.05) is 72.8 Å². The second-order valence-electron chi connectivity index (χ2n) is 12.1. The summed E-state index contributed by atoms with van der Waals surface area (Å²) in [6, 6.07) is 28.6. The number of nitrogens with zero attached hydrogens (tertiary/aromatic N) is 1. The van der Waals surface area contributed by atoms with Gasteiger partial charge in [-0.1, -0.05) is 60.7 Å². The normalized spacial score (nSPS) is 15.1. The Bertz CT molecular complexity index is 2040. The number of benzene rings is 4. The molecule has 1 heterocycles. The highest BCUT2D eigenvalue weighted by Gasteiger charge is 2.37. The van der Waals surface area contributed by atoms with E-state index in [1.54, 1.807) is 26.0 Å². The number of hydrogen-bond donors (Lipinski definition) is 1. The van der Waals surface area contributed by atoms with Gasteiger partial charge < -0.3 is 24.1 Å². The molecule has 52 heavy (non-hydrogen) atoms. The minimum atomic E-state index is -0.637. The molecule has 0 amide bonds. The van der Waals surface area contributed by atoms with Crippen molar-refractivity contribution in [1.82, 2.24) is 4.90 Å². The highest BCUT2D eigenvalue weighted by Crippen LogP contribution is 2.41. The molecule has 0 bridgehead atoms. The van der Waals surface area contributed by atoms with E-state index in [0.29, 0.717) is 40.2 Å². The number of fused-ring (bicyclic) bond motifs is 2. The molecule has 2 aliphatic carbocycles. The Balaban J connectivity index is 0.000000187. The Morgan fingerprint density at radius 1 is 0.673 bits per heavy atom. The molecule has 10 heteroatoms. The third kappa shape index (κ3) is 7.58. The van der Waals surface area contributed by atoms with Crippen LogP contribution in [0.3, 0.4) is 0 Å². The highest BCUT2D eigenvalue weighted by molar-refractivity contribution is 6.36. The molecule has 1 aliphatic heterocycles. The molecule has 4 aromatic rings. The first-order chi connectivity index (χ1) is 25.3. The van der Waals surface area contributed by atoms with Crippen molar-refractivity contribution < 1.29 is 43.2 Å². The Kier molecular flexibility index (Phi) is 11.4. The van der Waals surface area contributed by atoms with Gasteiger partial charge in [-0.3, -0.25) is 14.5 Å². The second-order valence-corrected chi connectivity index (χ2v) is 12.1. The van der Waals surface area contributed by atoms with E-state index in [4.69, 9.17) is 18.9 Å². The maximum Gasteiger partial charge on any atom is 0.342 e. The molecule has 0 saturated carbocycles. The number of ketones is 2. The lowest BCUT2D eigenvalue weighted by Gasteiger charge is -2.26. The molecule has 266 valence electrons. The molecule has 0 unspecified atom stereocenters. The van der Waals surface area contributed by atoms with Crippen LogP contribution in [0.15, 0.2) is 108 Å².